The van der Waals surface area contributed by atoms with Crippen LogP contribution in [-0.4, -0.2) is 21.2 Å². The van der Waals surface area contributed by atoms with Crippen molar-refractivity contribution in [1.29, 1.82) is 0 Å². The molecule has 0 bridgehead atoms. The molecule has 0 saturated heterocycles. The number of aryl methyl sites for hydroxylation is 1. The fourth-order valence-electron chi connectivity index (χ4n) is 1.40. The van der Waals surface area contributed by atoms with E-state index in [4.69, 9.17) is 11.6 Å². The van der Waals surface area contributed by atoms with Crippen molar-refractivity contribution in [3.05, 3.63) is 40.1 Å². The summed E-state index contributed by atoms with van der Waals surface area (Å²) in [4.78, 5) is 16.0. The van der Waals surface area contributed by atoms with Gasteiger partial charge in [0, 0.05) is 23.9 Å². The summed E-state index contributed by atoms with van der Waals surface area (Å²) >= 11 is 10.7. The Morgan fingerprint density at radius 1 is 1.58 bits per heavy atom. The van der Waals surface area contributed by atoms with Crippen molar-refractivity contribution < 1.29 is 4.79 Å². The van der Waals surface area contributed by atoms with Gasteiger partial charge in [0.25, 0.3) is 0 Å². The van der Waals surface area contributed by atoms with E-state index in [1.54, 1.807) is 18.3 Å². The minimum atomic E-state index is -0.114. The van der Waals surface area contributed by atoms with E-state index in [-0.39, 0.29) is 11.7 Å². The number of nitrogens with zero attached hydrogens (tertiary/aromatic N) is 2. The highest BCUT2D eigenvalue weighted by atomic mass is 79.9. The second-order valence-corrected chi connectivity index (χ2v) is 6.05. The van der Waals surface area contributed by atoms with Crippen molar-refractivity contribution in [2.75, 3.05) is 11.1 Å². The number of carbonyl (C=O) groups is 1. The molecule has 0 spiro atoms. The molecule has 0 aliphatic rings. The Hall–Kier alpha value is -0.980. The number of carbonyl (C=O) groups excluding carboxylic acids is 1. The predicted molar refractivity (Wildman–Crippen MR) is 81.7 cm³/mol. The SMILES string of the molecule is Cn1ccnc1SCC(=O)Nc1ccc(Br)cc1Cl. The van der Waals surface area contributed by atoms with Crippen LogP contribution in [0.5, 0.6) is 0 Å². The highest BCUT2D eigenvalue weighted by Crippen LogP contribution is 2.26. The first-order chi connectivity index (χ1) is 9.06. The molecule has 7 heteroatoms. The molecule has 0 unspecified atom stereocenters. The van der Waals surface area contributed by atoms with Gasteiger partial charge in [-0.1, -0.05) is 39.3 Å². The topological polar surface area (TPSA) is 46.9 Å². The van der Waals surface area contributed by atoms with Gasteiger partial charge >= 0.3 is 0 Å². The van der Waals surface area contributed by atoms with Gasteiger partial charge in [-0.2, -0.15) is 0 Å². The molecule has 1 aromatic heterocycles. The van der Waals surface area contributed by atoms with Crippen LogP contribution in [0.3, 0.4) is 0 Å². The Kier molecular flexibility index (Phi) is 4.90. The lowest BCUT2D eigenvalue weighted by molar-refractivity contribution is -0.113. The number of imidazole rings is 1. The molecule has 1 aromatic carbocycles. The largest absolute Gasteiger partial charge is 0.329 e. The molecule has 0 aliphatic heterocycles. The molecule has 0 saturated carbocycles. The van der Waals surface area contributed by atoms with Crippen LogP contribution in [0.25, 0.3) is 0 Å². The van der Waals surface area contributed by atoms with E-state index in [1.807, 2.05) is 23.9 Å². The van der Waals surface area contributed by atoms with Gasteiger partial charge in [0.05, 0.1) is 16.5 Å². The van der Waals surface area contributed by atoms with E-state index in [0.717, 1.165) is 9.63 Å². The maximum absolute atomic E-state index is 11.8. The predicted octanol–water partition coefficient (Wildman–Crippen LogP) is 3.57. The maximum Gasteiger partial charge on any atom is 0.234 e. The fraction of sp³-hybridized carbons (Fsp3) is 0.167. The quantitative estimate of drug-likeness (QED) is 0.848. The van der Waals surface area contributed by atoms with Crippen molar-refractivity contribution in [2.45, 2.75) is 5.16 Å². The monoisotopic (exact) mass is 359 g/mol. The van der Waals surface area contributed by atoms with Gasteiger partial charge in [-0.3, -0.25) is 4.79 Å². The number of anilines is 1. The zero-order chi connectivity index (χ0) is 13.8. The number of thioether (sulfide) groups is 1. The average molecular weight is 361 g/mol. The fourth-order valence-corrected chi connectivity index (χ4v) is 2.85. The van der Waals surface area contributed by atoms with Gasteiger partial charge in [-0.25, -0.2) is 4.98 Å². The summed E-state index contributed by atoms with van der Waals surface area (Å²) in [6, 6.07) is 5.33. The Bertz CT molecular complexity index is 602. The lowest BCUT2D eigenvalue weighted by atomic mass is 10.3. The lowest BCUT2D eigenvalue weighted by Crippen LogP contribution is -2.14. The molecule has 2 rings (SSSR count). The van der Waals surface area contributed by atoms with Crippen LogP contribution in [0.15, 0.2) is 40.2 Å². The first-order valence-corrected chi connectivity index (χ1v) is 7.57. The Morgan fingerprint density at radius 3 is 3.00 bits per heavy atom. The van der Waals surface area contributed by atoms with Crippen molar-refractivity contribution in [1.82, 2.24) is 9.55 Å². The summed E-state index contributed by atoms with van der Waals surface area (Å²) in [7, 11) is 1.89. The minimum Gasteiger partial charge on any atom is -0.329 e. The molecule has 1 amide bonds. The Morgan fingerprint density at radius 2 is 2.37 bits per heavy atom. The van der Waals surface area contributed by atoms with E-state index in [9.17, 15) is 4.79 Å². The van der Waals surface area contributed by atoms with Crippen molar-refractivity contribution in [3.8, 4) is 0 Å². The van der Waals surface area contributed by atoms with E-state index < -0.39 is 0 Å². The standard InChI is InChI=1S/C12H11BrClN3OS/c1-17-5-4-15-12(17)19-7-11(18)16-10-3-2-8(13)6-9(10)14/h2-6H,7H2,1H3,(H,16,18). The summed E-state index contributed by atoms with van der Waals surface area (Å²) in [6.07, 6.45) is 3.54. The molecular formula is C12H11BrClN3OS. The van der Waals surface area contributed by atoms with E-state index >= 15 is 0 Å². The van der Waals surface area contributed by atoms with Gasteiger partial charge in [0.1, 0.15) is 0 Å². The summed E-state index contributed by atoms with van der Waals surface area (Å²) in [5, 5.41) is 4.08. The number of nitrogens with one attached hydrogen (secondary N) is 1. The maximum atomic E-state index is 11.8. The summed E-state index contributed by atoms with van der Waals surface area (Å²) in [5.74, 6) is 0.175. The Labute approximate surface area is 128 Å². The normalized spacial score (nSPS) is 10.5. The highest BCUT2D eigenvalue weighted by Gasteiger charge is 2.08. The highest BCUT2D eigenvalue weighted by molar-refractivity contribution is 9.10. The van der Waals surface area contributed by atoms with Crippen LogP contribution in [-0.2, 0) is 11.8 Å². The average Bonchev–Trinajstić information content (AvgIpc) is 2.76. The van der Waals surface area contributed by atoms with Gasteiger partial charge in [-0.15, -0.1) is 0 Å². The van der Waals surface area contributed by atoms with Gasteiger partial charge < -0.3 is 9.88 Å². The van der Waals surface area contributed by atoms with Gasteiger partial charge in [-0.05, 0) is 18.2 Å². The van der Waals surface area contributed by atoms with E-state index in [2.05, 4.69) is 26.2 Å². The minimum absolute atomic E-state index is 0.114. The molecule has 1 N–H and O–H groups in total. The first-order valence-electron chi connectivity index (χ1n) is 5.41. The van der Waals surface area contributed by atoms with Crippen LogP contribution in [0, 0.1) is 0 Å². The van der Waals surface area contributed by atoms with Crippen LogP contribution >= 0.6 is 39.3 Å². The molecule has 0 radical (unpaired) electrons. The molecule has 100 valence electrons. The van der Waals surface area contributed by atoms with Crippen LogP contribution in [0.1, 0.15) is 0 Å². The number of hydrogen-bond acceptors (Lipinski definition) is 3. The first kappa shape index (κ1) is 14.4. The summed E-state index contributed by atoms with van der Waals surface area (Å²) in [6.45, 7) is 0. The molecule has 1 heterocycles. The molecule has 0 fully saturated rings. The zero-order valence-corrected chi connectivity index (χ0v) is 13.2. The van der Waals surface area contributed by atoms with E-state index in [1.165, 1.54) is 11.8 Å². The number of halogens is 2. The smallest absolute Gasteiger partial charge is 0.234 e. The molecule has 2 aromatic rings. The van der Waals surface area contributed by atoms with E-state index in [0.29, 0.717) is 10.7 Å². The van der Waals surface area contributed by atoms with Crippen molar-refractivity contribution in [3.63, 3.8) is 0 Å². The zero-order valence-electron chi connectivity index (χ0n) is 10.1. The summed E-state index contributed by atoms with van der Waals surface area (Å²) in [5.41, 5.74) is 0.607. The number of amides is 1. The second-order valence-electron chi connectivity index (χ2n) is 3.78. The third kappa shape index (κ3) is 3.99. The van der Waals surface area contributed by atoms with Crippen LogP contribution in [0.4, 0.5) is 5.69 Å². The number of benzene rings is 1. The van der Waals surface area contributed by atoms with Gasteiger partial charge in [0.15, 0.2) is 5.16 Å². The molecule has 4 nitrogen and oxygen atoms in total. The third-order valence-electron chi connectivity index (χ3n) is 2.31. The molecule has 0 atom stereocenters. The second kappa shape index (κ2) is 6.45. The number of rotatable bonds is 4. The third-order valence-corrected chi connectivity index (χ3v) is 4.18. The van der Waals surface area contributed by atoms with Crippen LogP contribution in [0.2, 0.25) is 5.02 Å². The number of aromatic nitrogens is 2. The molecule has 19 heavy (non-hydrogen) atoms. The van der Waals surface area contributed by atoms with Gasteiger partial charge in [0.2, 0.25) is 5.91 Å². The summed E-state index contributed by atoms with van der Waals surface area (Å²) < 4.78 is 2.74. The molecular weight excluding hydrogens is 350 g/mol. The van der Waals surface area contributed by atoms with Crippen molar-refractivity contribution >= 4 is 50.9 Å². The lowest BCUT2D eigenvalue weighted by Gasteiger charge is -2.07. The number of hydrogen-bond donors (Lipinski definition) is 1. The Balaban J connectivity index is 1.93. The molecule has 0 aliphatic carbocycles. The van der Waals surface area contributed by atoms with Crippen LogP contribution < -0.4 is 5.32 Å². The van der Waals surface area contributed by atoms with Crippen molar-refractivity contribution in [2.24, 2.45) is 7.05 Å².